The van der Waals surface area contributed by atoms with Gasteiger partial charge in [-0.15, -0.1) is 11.3 Å². The van der Waals surface area contributed by atoms with Gasteiger partial charge in [0.1, 0.15) is 10.7 Å². The lowest BCUT2D eigenvalue weighted by Gasteiger charge is -2.08. The maximum Gasteiger partial charge on any atom is 0.270 e. The van der Waals surface area contributed by atoms with Crippen LogP contribution in [-0.4, -0.2) is 17.4 Å². The molecule has 0 bridgehead atoms. The molecule has 1 aliphatic rings. The average Bonchev–Trinajstić information content (AvgIpc) is 2.99. The number of nitrogens with one attached hydrogen (secondary N) is 1. The van der Waals surface area contributed by atoms with E-state index in [0.29, 0.717) is 12.2 Å². The Kier molecular flexibility index (Phi) is 4.50. The Balaban J connectivity index is 1.72. The molecular weight excluding hydrogens is 234 g/mol. The standard InChI is InChI=1S/C12H19N3OS/c13-7-11-15-10(8-17-11)12(16)14-6-5-9-3-1-2-4-9/h8-9H,1-7,13H2,(H,14,16). The molecule has 1 heterocycles. The molecule has 0 saturated heterocycles. The third-order valence-electron chi connectivity index (χ3n) is 3.27. The second kappa shape index (κ2) is 6.12. The van der Waals surface area contributed by atoms with Crippen LogP contribution in [0.4, 0.5) is 0 Å². The largest absolute Gasteiger partial charge is 0.351 e. The van der Waals surface area contributed by atoms with Gasteiger partial charge in [0.25, 0.3) is 5.91 Å². The molecule has 0 radical (unpaired) electrons. The number of hydrogen-bond donors (Lipinski definition) is 2. The van der Waals surface area contributed by atoms with Crippen LogP contribution in [0.15, 0.2) is 5.38 Å². The van der Waals surface area contributed by atoms with Crippen LogP contribution >= 0.6 is 11.3 Å². The van der Waals surface area contributed by atoms with E-state index >= 15 is 0 Å². The topological polar surface area (TPSA) is 68.0 Å². The number of amides is 1. The van der Waals surface area contributed by atoms with Crippen molar-refractivity contribution in [1.82, 2.24) is 10.3 Å². The van der Waals surface area contributed by atoms with Crippen molar-refractivity contribution < 1.29 is 4.79 Å². The van der Waals surface area contributed by atoms with Gasteiger partial charge in [0.15, 0.2) is 0 Å². The van der Waals surface area contributed by atoms with E-state index in [1.54, 1.807) is 5.38 Å². The summed E-state index contributed by atoms with van der Waals surface area (Å²) in [5.74, 6) is 0.740. The lowest BCUT2D eigenvalue weighted by molar-refractivity contribution is 0.0947. The van der Waals surface area contributed by atoms with Crippen molar-refractivity contribution >= 4 is 17.2 Å². The van der Waals surface area contributed by atoms with Crippen molar-refractivity contribution in [2.45, 2.75) is 38.6 Å². The van der Waals surface area contributed by atoms with Gasteiger partial charge in [-0.25, -0.2) is 4.98 Å². The molecule has 1 amide bonds. The number of carbonyl (C=O) groups is 1. The average molecular weight is 253 g/mol. The number of rotatable bonds is 5. The highest BCUT2D eigenvalue weighted by molar-refractivity contribution is 7.09. The first-order chi connectivity index (χ1) is 8.29. The SMILES string of the molecule is NCc1nc(C(=O)NCCC2CCCC2)cs1. The first-order valence-corrected chi connectivity index (χ1v) is 7.10. The second-order valence-electron chi connectivity index (χ2n) is 4.53. The van der Waals surface area contributed by atoms with Crippen molar-refractivity contribution in [3.05, 3.63) is 16.1 Å². The molecule has 0 aliphatic heterocycles. The molecule has 1 fully saturated rings. The first kappa shape index (κ1) is 12.5. The number of hydrogen-bond acceptors (Lipinski definition) is 4. The van der Waals surface area contributed by atoms with Crippen LogP contribution in [0.3, 0.4) is 0 Å². The summed E-state index contributed by atoms with van der Waals surface area (Å²) in [6.07, 6.45) is 6.45. The zero-order valence-corrected chi connectivity index (χ0v) is 10.8. The molecule has 0 unspecified atom stereocenters. The van der Waals surface area contributed by atoms with E-state index in [1.165, 1.54) is 37.0 Å². The summed E-state index contributed by atoms with van der Waals surface area (Å²) in [6.45, 7) is 1.17. The van der Waals surface area contributed by atoms with Crippen LogP contribution in [0.1, 0.15) is 47.6 Å². The fourth-order valence-electron chi connectivity index (χ4n) is 2.29. The summed E-state index contributed by atoms with van der Waals surface area (Å²) >= 11 is 1.44. The van der Waals surface area contributed by atoms with Gasteiger partial charge in [-0.2, -0.15) is 0 Å². The molecule has 5 heteroatoms. The molecule has 3 N–H and O–H groups in total. The quantitative estimate of drug-likeness (QED) is 0.842. The second-order valence-corrected chi connectivity index (χ2v) is 5.47. The molecule has 1 aromatic rings. The molecule has 1 saturated carbocycles. The predicted octanol–water partition coefficient (Wildman–Crippen LogP) is 1.91. The highest BCUT2D eigenvalue weighted by Gasteiger charge is 2.15. The van der Waals surface area contributed by atoms with E-state index in [-0.39, 0.29) is 5.91 Å². The van der Waals surface area contributed by atoms with E-state index in [1.807, 2.05) is 0 Å². The Hall–Kier alpha value is -0.940. The van der Waals surface area contributed by atoms with E-state index in [2.05, 4.69) is 10.3 Å². The fraction of sp³-hybridized carbons (Fsp3) is 0.667. The molecule has 94 valence electrons. The van der Waals surface area contributed by atoms with E-state index in [9.17, 15) is 4.79 Å². The molecule has 0 aromatic carbocycles. The summed E-state index contributed by atoms with van der Waals surface area (Å²) in [6, 6.07) is 0. The van der Waals surface area contributed by atoms with Gasteiger partial charge in [-0.3, -0.25) is 4.79 Å². The Morgan fingerprint density at radius 1 is 1.53 bits per heavy atom. The molecule has 4 nitrogen and oxygen atoms in total. The zero-order valence-electron chi connectivity index (χ0n) is 9.95. The summed E-state index contributed by atoms with van der Waals surface area (Å²) in [4.78, 5) is 15.9. The molecule has 2 rings (SSSR count). The minimum absolute atomic E-state index is 0.0704. The molecular formula is C12H19N3OS. The van der Waals surface area contributed by atoms with Crippen molar-refractivity contribution in [1.29, 1.82) is 0 Å². The minimum Gasteiger partial charge on any atom is -0.351 e. The summed E-state index contributed by atoms with van der Waals surface area (Å²) in [5.41, 5.74) is 5.96. The van der Waals surface area contributed by atoms with Gasteiger partial charge in [0.2, 0.25) is 0 Å². The number of carbonyl (C=O) groups excluding carboxylic acids is 1. The maximum absolute atomic E-state index is 11.7. The molecule has 1 aliphatic carbocycles. The summed E-state index contributed by atoms with van der Waals surface area (Å²) < 4.78 is 0. The van der Waals surface area contributed by atoms with Crippen LogP contribution in [-0.2, 0) is 6.54 Å². The lowest BCUT2D eigenvalue weighted by atomic mass is 10.0. The smallest absolute Gasteiger partial charge is 0.270 e. The van der Waals surface area contributed by atoms with Gasteiger partial charge < -0.3 is 11.1 Å². The van der Waals surface area contributed by atoms with E-state index in [4.69, 9.17) is 5.73 Å². The molecule has 0 spiro atoms. The Morgan fingerprint density at radius 2 is 2.29 bits per heavy atom. The normalized spacial score (nSPS) is 16.3. The van der Waals surface area contributed by atoms with E-state index in [0.717, 1.165) is 23.9 Å². The Bertz CT molecular complexity index is 372. The lowest BCUT2D eigenvalue weighted by Crippen LogP contribution is -2.26. The zero-order chi connectivity index (χ0) is 12.1. The third-order valence-corrected chi connectivity index (χ3v) is 4.14. The Labute approximate surface area is 106 Å². The van der Waals surface area contributed by atoms with Gasteiger partial charge in [-0.1, -0.05) is 25.7 Å². The van der Waals surface area contributed by atoms with Gasteiger partial charge in [-0.05, 0) is 12.3 Å². The number of thiazole rings is 1. The monoisotopic (exact) mass is 253 g/mol. The van der Waals surface area contributed by atoms with Crippen molar-refractivity contribution in [3.63, 3.8) is 0 Å². The molecule has 17 heavy (non-hydrogen) atoms. The first-order valence-electron chi connectivity index (χ1n) is 6.22. The van der Waals surface area contributed by atoms with Gasteiger partial charge in [0.05, 0.1) is 0 Å². The summed E-state index contributed by atoms with van der Waals surface area (Å²) in [7, 11) is 0. The number of nitrogens with zero attached hydrogens (tertiary/aromatic N) is 1. The van der Waals surface area contributed by atoms with Crippen LogP contribution in [0.5, 0.6) is 0 Å². The number of aromatic nitrogens is 1. The fourth-order valence-corrected chi connectivity index (χ4v) is 2.94. The van der Waals surface area contributed by atoms with Crippen molar-refractivity contribution in [2.75, 3.05) is 6.54 Å². The highest BCUT2D eigenvalue weighted by atomic mass is 32.1. The minimum atomic E-state index is -0.0704. The van der Waals surface area contributed by atoms with E-state index < -0.39 is 0 Å². The van der Waals surface area contributed by atoms with Crippen LogP contribution in [0.2, 0.25) is 0 Å². The number of nitrogens with two attached hydrogens (primary N) is 1. The summed E-state index contributed by atoms with van der Waals surface area (Å²) in [5, 5.41) is 5.51. The molecule has 1 aromatic heterocycles. The van der Waals surface area contributed by atoms with Crippen LogP contribution in [0.25, 0.3) is 0 Å². The van der Waals surface area contributed by atoms with Crippen molar-refractivity contribution in [3.8, 4) is 0 Å². The maximum atomic E-state index is 11.7. The van der Waals surface area contributed by atoms with Gasteiger partial charge in [0, 0.05) is 18.5 Å². The van der Waals surface area contributed by atoms with Gasteiger partial charge >= 0.3 is 0 Å². The third kappa shape index (κ3) is 3.51. The predicted molar refractivity (Wildman–Crippen MR) is 68.9 cm³/mol. The van der Waals surface area contributed by atoms with Crippen LogP contribution in [0, 0.1) is 5.92 Å². The Morgan fingerprint density at radius 3 is 2.94 bits per heavy atom. The van der Waals surface area contributed by atoms with Crippen LogP contribution < -0.4 is 11.1 Å². The highest BCUT2D eigenvalue weighted by Crippen LogP contribution is 2.26. The van der Waals surface area contributed by atoms with Crippen molar-refractivity contribution in [2.24, 2.45) is 11.7 Å². The molecule has 0 atom stereocenters.